The molecule has 1 fully saturated rings. The summed E-state index contributed by atoms with van der Waals surface area (Å²) in [5.74, 6) is 0. The number of nitrogens with zero attached hydrogens (tertiary/aromatic N) is 2. The second kappa shape index (κ2) is 6.90. The van der Waals surface area contributed by atoms with E-state index in [0.29, 0.717) is 6.04 Å². The maximum absolute atomic E-state index is 6.03. The number of hydrogen-bond donors (Lipinski definition) is 1. The first-order valence-electron chi connectivity index (χ1n) is 5.76. The molecular formula is C11H19Cl2N3S. The highest BCUT2D eigenvalue weighted by atomic mass is 35.5. The summed E-state index contributed by atoms with van der Waals surface area (Å²) in [5.41, 5.74) is 6.03. The van der Waals surface area contributed by atoms with Crippen LogP contribution in [0.5, 0.6) is 0 Å². The van der Waals surface area contributed by atoms with Gasteiger partial charge in [0.1, 0.15) is 9.34 Å². The highest BCUT2D eigenvalue weighted by molar-refractivity contribution is 7.15. The summed E-state index contributed by atoms with van der Waals surface area (Å²) in [5, 5.41) is 1.09. The van der Waals surface area contributed by atoms with Gasteiger partial charge in [-0.2, -0.15) is 0 Å². The number of hydrogen-bond acceptors (Lipinski definition) is 4. The Kier molecular flexibility index (Phi) is 6.17. The molecule has 0 saturated carbocycles. The average molecular weight is 296 g/mol. The Morgan fingerprint density at radius 3 is 3.00 bits per heavy atom. The van der Waals surface area contributed by atoms with Crippen LogP contribution < -0.4 is 5.73 Å². The Balaban J connectivity index is 0.00000144. The SMILES string of the molecule is CC(N)C1CCCCN1Cc1ncc(Cl)s1.Cl. The summed E-state index contributed by atoms with van der Waals surface area (Å²) in [6, 6.07) is 0.729. The molecule has 0 amide bonds. The van der Waals surface area contributed by atoms with Crippen molar-refractivity contribution in [2.24, 2.45) is 5.73 Å². The van der Waals surface area contributed by atoms with E-state index in [9.17, 15) is 0 Å². The zero-order chi connectivity index (χ0) is 11.5. The average Bonchev–Trinajstić information content (AvgIpc) is 2.64. The molecule has 1 aromatic rings. The summed E-state index contributed by atoms with van der Waals surface area (Å²) in [7, 11) is 0. The van der Waals surface area contributed by atoms with E-state index in [0.717, 1.165) is 22.4 Å². The fourth-order valence-electron chi connectivity index (χ4n) is 2.34. The zero-order valence-corrected chi connectivity index (χ0v) is 12.3. The van der Waals surface area contributed by atoms with E-state index in [4.69, 9.17) is 17.3 Å². The summed E-state index contributed by atoms with van der Waals surface area (Å²) in [4.78, 5) is 6.76. The molecular weight excluding hydrogens is 277 g/mol. The van der Waals surface area contributed by atoms with Crippen molar-refractivity contribution in [1.82, 2.24) is 9.88 Å². The first-order valence-corrected chi connectivity index (χ1v) is 6.96. The van der Waals surface area contributed by atoms with Crippen LogP contribution in [0.2, 0.25) is 4.34 Å². The third kappa shape index (κ3) is 4.07. The van der Waals surface area contributed by atoms with Crippen molar-refractivity contribution in [1.29, 1.82) is 0 Å². The standard InChI is InChI=1S/C11H18ClN3S.ClH/c1-8(13)9-4-2-3-5-15(9)7-11-14-6-10(12)16-11;/h6,8-9H,2-5,7,13H2,1H3;1H. The van der Waals surface area contributed by atoms with Gasteiger partial charge >= 0.3 is 0 Å². The van der Waals surface area contributed by atoms with Gasteiger partial charge in [-0.3, -0.25) is 4.90 Å². The molecule has 17 heavy (non-hydrogen) atoms. The largest absolute Gasteiger partial charge is 0.327 e. The number of halogens is 2. The Bertz CT molecular complexity index is 343. The lowest BCUT2D eigenvalue weighted by atomic mass is 9.97. The third-order valence-corrected chi connectivity index (χ3v) is 4.23. The van der Waals surface area contributed by atoms with Crippen LogP contribution in [0.15, 0.2) is 6.20 Å². The molecule has 0 aliphatic carbocycles. The van der Waals surface area contributed by atoms with Crippen molar-refractivity contribution < 1.29 is 0 Å². The van der Waals surface area contributed by atoms with E-state index in [1.165, 1.54) is 19.3 Å². The summed E-state index contributed by atoms with van der Waals surface area (Å²) in [6.45, 7) is 4.12. The molecule has 98 valence electrons. The van der Waals surface area contributed by atoms with Gasteiger partial charge in [0.2, 0.25) is 0 Å². The van der Waals surface area contributed by atoms with Gasteiger partial charge in [-0.05, 0) is 26.3 Å². The maximum atomic E-state index is 6.03. The Morgan fingerprint density at radius 2 is 2.41 bits per heavy atom. The Labute approximate surface area is 118 Å². The van der Waals surface area contributed by atoms with Gasteiger partial charge in [-0.15, -0.1) is 23.7 Å². The van der Waals surface area contributed by atoms with Crippen LogP contribution in [0.4, 0.5) is 0 Å². The molecule has 0 radical (unpaired) electrons. The van der Waals surface area contributed by atoms with Crippen LogP contribution in [0.25, 0.3) is 0 Å². The molecule has 2 unspecified atom stereocenters. The fourth-order valence-corrected chi connectivity index (χ4v) is 3.33. The number of piperidine rings is 1. The number of likely N-dealkylation sites (tertiary alicyclic amines) is 1. The molecule has 3 nitrogen and oxygen atoms in total. The van der Waals surface area contributed by atoms with Crippen molar-refractivity contribution in [3.63, 3.8) is 0 Å². The normalized spacial score (nSPS) is 23.1. The first-order chi connectivity index (χ1) is 7.66. The van der Waals surface area contributed by atoms with Gasteiger partial charge in [0.05, 0.1) is 12.7 Å². The van der Waals surface area contributed by atoms with Crippen LogP contribution >= 0.6 is 35.3 Å². The lowest BCUT2D eigenvalue weighted by Crippen LogP contribution is -2.48. The zero-order valence-electron chi connectivity index (χ0n) is 9.93. The first kappa shape index (κ1) is 15.2. The predicted octanol–water partition coefficient (Wildman–Crippen LogP) is 2.92. The highest BCUT2D eigenvalue weighted by Crippen LogP contribution is 2.24. The summed E-state index contributed by atoms with van der Waals surface area (Å²) in [6.07, 6.45) is 5.49. The lowest BCUT2D eigenvalue weighted by Gasteiger charge is -2.37. The van der Waals surface area contributed by atoms with E-state index in [1.807, 2.05) is 0 Å². The van der Waals surface area contributed by atoms with Gasteiger partial charge in [-0.25, -0.2) is 4.98 Å². The monoisotopic (exact) mass is 295 g/mol. The quantitative estimate of drug-likeness (QED) is 0.932. The van der Waals surface area contributed by atoms with E-state index >= 15 is 0 Å². The molecule has 1 aliphatic rings. The van der Waals surface area contributed by atoms with Gasteiger partial charge < -0.3 is 5.73 Å². The van der Waals surface area contributed by atoms with Crippen molar-refractivity contribution >= 4 is 35.3 Å². The molecule has 0 bridgehead atoms. The fraction of sp³-hybridized carbons (Fsp3) is 0.727. The van der Waals surface area contributed by atoms with Crippen LogP contribution in [-0.2, 0) is 6.54 Å². The Morgan fingerprint density at radius 1 is 1.65 bits per heavy atom. The number of rotatable bonds is 3. The van der Waals surface area contributed by atoms with Crippen molar-refractivity contribution in [3.05, 3.63) is 15.5 Å². The molecule has 1 aliphatic heterocycles. The Hall–Kier alpha value is 0.130. The minimum Gasteiger partial charge on any atom is -0.327 e. The van der Waals surface area contributed by atoms with Gasteiger partial charge in [0, 0.05) is 12.1 Å². The second-order valence-corrected chi connectivity index (χ2v) is 6.20. The number of nitrogens with two attached hydrogens (primary N) is 1. The van der Waals surface area contributed by atoms with E-state index in [-0.39, 0.29) is 18.4 Å². The molecule has 0 aromatic carbocycles. The topological polar surface area (TPSA) is 42.1 Å². The predicted molar refractivity (Wildman–Crippen MR) is 76.1 cm³/mol. The molecule has 2 atom stereocenters. The third-order valence-electron chi connectivity index (χ3n) is 3.13. The van der Waals surface area contributed by atoms with Crippen LogP contribution in [-0.4, -0.2) is 28.5 Å². The molecule has 1 saturated heterocycles. The highest BCUT2D eigenvalue weighted by Gasteiger charge is 2.25. The minimum absolute atomic E-state index is 0. The molecule has 2 heterocycles. The van der Waals surface area contributed by atoms with Crippen molar-refractivity contribution in [2.75, 3.05) is 6.54 Å². The number of aromatic nitrogens is 1. The maximum Gasteiger partial charge on any atom is 0.113 e. The van der Waals surface area contributed by atoms with Crippen molar-refractivity contribution in [3.8, 4) is 0 Å². The van der Waals surface area contributed by atoms with E-state index < -0.39 is 0 Å². The molecule has 6 heteroatoms. The second-order valence-electron chi connectivity index (χ2n) is 4.45. The van der Waals surface area contributed by atoms with Gasteiger partial charge in [-0.1, -0.05) is 18.0 Å². The lowest BCUT2D eigenvalue weighted by molar-refractivity contribution is 0.123. The smallest absolute Gasteiger partial charge is 0.113 e. The molecule has 1 aromatic heterocycles. The van der Waals surface area contributed by atoms with Crippen LogP contribution in [0, 0.1) is 0 Å². The molecule has 2 N–H and O–H groups in total. The van der Waals surface area contributed by atoms with Gasteiger partial charge in [0.15, 0.2) is 0 Å². The minimum atomic E-state index is 0. The molecule has 0 spiro atoms. The van der Waals surface area contributed by atoms with E-state index in [2.05, 4.69) is 16.8 Å². The van der Waals surface area contributed by atoms with E-state index in [1.54, 1.807) is 17.5 Å². The van der Waals surface area contributed by atoms with Crippen LogP contribution in [0.3, 0.4) is 0 Å². The summed E-state index contributed by atoms with van der Waals surface area (Å²) >= 11 is 7.46. The summed E-state index contributed by atoms with van der Waals surface area (Å²) < 4.78 is 0.768. The van der Waals surface area contributed by atoms with Crippen molar-refractivity contribution in [2.45, 2.75) is 44.8 Å². The van der Waals surface area contributed by atoms with Gasteiger partial charge in [0.25, 0.3) is 0 Å². The molecule has 2 rings (SSSR count). The van der Waals surface area contributed by atoms with Crippen LogP contribution in [0.1, 0.15) is 31.2 Å². The number of thiazole rings is 1.